The van der Waals surface area contributed by atoms with Gasteiger partial charge in [-0.05, 0) is 31.4 Å². The minimum Gasteiger partial charge on any atom is -0.360 e. The number of piperazine rings is 1. The van der Waals surface area contributed by atoms with E-state index in [2.05, 4.69) is 30.2 Å². The fourth-order valence-corrected chi connectivity index (χ4v) is 5.55. The Morgan fingerprint density at radius 2 is 2.06 bits per heavy atom. The molecule has 3 aromatic heterocycles. The lowest BCUT2D eigenvalue weighted by atomic mass is 10.1. The zero-order valence-corrected chi connectivity index (χ0v) is 20.6. The third-order valence-electron chi connectivity index (χ3n) is 6.15. The Balaban J connectivity index is 1.54. The number of H-pyrrole nitrogens is 1. The first-order chi connectivity index (χ1) is 16.2. The minimum absolute atomic E-state index is 0.0699. The average molecular weight is 501 g/mol. The highest BCUT2D eigenvalue weighted by atomic mass is 35.5. The summed E-state index contributed by atoms with van der Waals surface area (Å²) in [6, 6.07) is 7.53. The molecule has 4 aromatic rings. The summed E-state index contributed by atoms with van der Waals surface area (Å²) in [4.78, 5) is 23.0. The lowest BCUT2D eigenvalue weighted by Crippen LogP contribution is -2.53. The van der Waals surface area contributed by atoms with E-state index in [0.29, 0.717) is 41.6 Å². The number of aromatic nitrogens is 5. The predicted octanol–water partition coefficient (Wildman–Crippen LogP) is 3.20. The van der Waals surface area contributed by atoms with Crippen LogP contribution in [0.2, 0.25) is 5.02 Å². The van der Waals surface area contributed by atoms with E-state index in [1.54, 1.807) is 6.33 Å². The van der Waals surface area contributed by atoms with Gasteiger partial charge in [0.05, 0.1) is 29.3 Å². The molecule has 0 saturated carbocycles. The molecule has 4 heterocycles. The standard InChI is InChI=1S/C22H25ClN8O2S/c1-13-10-30(34(3,32)33)7-8-31(13)22-18-15(5-4-6-16(18)23)9-17(29-22)14(2)28-21-19-20(25-11-24-19)26-12-27-21/h4-6,9,11-14H,7-8,10H2,1-3H3,(H2,24,25,26,27,28)/t13-,14+/m1/s1. The number of sulfonamides is 1. The number of nitrogens with one attached hydrogen (secondary N) is 2. The van der Waals surface area contributed by atoms with E-state index in [9.17, 15) is 8.42 Å². The van der Waals surface area contributed by atoms with Gasteiger partial charge in [0.1, 0.15) is 17.7 Å². The van der Waals surface area contributed by atoms with E-state index in [0.717, 1.165) is 22.3 Å². The van der Waals surface area contributed by atoms with Gasteiger partial charge in [-0.3, -0.25) is 0 Å². The number of hydrogen-bond donors (Lipinski definition) is 2. The number of aromatic amines is 1. The van der Waals surface area contributed by atoms with E-state index < -0.39 is 10.0 Å². The molecule has 1 fully saturated rings. The van der Waals surface area contributed by atoms with Crippen LogP contribution >= 0.6 is 11.6 Å². The Kier molecular flexibility index (Phi) is 5.78. The molecule has 5 rings (SSSR count). The molecule has 178 valence electrons. The number of halogens is 1. The van der Waals surface area contributed by atoms with E-state index in [1.807, 2.05) is 38.1 Å². The zero-order valence-electron chi connectivity index (χ0n) is 19.0. The lowest BCUT2D eigenvalue weighted by Gasteiger charge is -2.40. The highest BCUT2D eigenvalue weighted by Crippen LogP contribution is 2.35. The van der Waals surface area contributed by atoms with Gasteiger partial charge in [-0.1, -0.05) is 23.7 Å². The Bertz CT molecular complexity index is 1470. The predicted molar refractivity (Wildman–Crippen MR) is 134 cm³/mol. The first-order valence-electron chi connectivity index (χ1n) is 10.9. The van der Waals surface area contributed by atoms with Gasteiger partial charge in [0.15, 0.2) is 11.5 Å². The minimum atomic E-state index is -3.25. The zero-order chi connectivity index (χ0) is 24.0. The highest BCUT2D eigenvalue weighted by Gasteiger charge is 2.31. The number of fused-ring (bicyclic) bond motifs is 2. The average Bonchev–Trinajstić information content (AvgIpc) is 3.28. The topological polar surface area (TPSA) is 120 Å². The van der Waals surface area contributed by atoms with Gasteiger partial charge < -0.3 is 15.2 Å². The van der Waals surface area contributed by atoms with Crippen LogP contribution in [0.25, 0.3) is 21.9 Å². The molecule has 10 nitrogen and oxygen atoms in total. The largest absolute Gasteiger partial charge is 0.360 e. The van der Waals surface area contributed by atoms with E-state index in [-0.39, 0.29) is 12.1 Å². The van der Waals surface area contributed by atoms with Crippen molar-refractivity contribution < 1.29 is 8.42 Å². The SMILES string of the molecule is C[C@H](Nc1ncnc2[nH]cnc12)c1cc2cccc(Cl)c2c(N2CCN(S(C)(=O)=O)C[C@H]2C)n1. The summed E-state index contributed by atoms with van der Waals surface area (Å²) in [5.74, 6) is 1.36. The van der Waals surface area contributed by atoms with Crippen molar-refractivity contribution in [1.82, 2.24) is 29.2 Å². The first kappa shape index (κ1) is 22.8. The molecule has 1 aromatic carbocycles. The third kappa shape index (κ3) is 4.15. The Hall–Kier alpha value is -3.02. The molecule has 0 unspecified atom stereocenters. The molecule has 0 bridgehead atoms. The summed E-state index contributed by atoms with van der Waals surface area (Å²) in [5, 5.41) is 5.83. The van der Waals surface area contributed by atoms with Gasteiger partial charge in [-0.15, -0.1) is 0 Å². The first-order valence-corrected chi connectivity index (χ1v) is 13.2. The normalized spacial score (nSPS) is 18.5. The molecule has 0 spiro atoms. The molecule has 0 aliphatic carbocycles. The number of hydrogen-bond acceptors (Lipinski definition) is 8. The summed E-state index contributed by atoms with van der Waals surface area (Å²) in [6.07, 6.45) is 4.32. The van der Waals surface area contributed by atoms with Crippen LogP contribution in [0.3, 0.4) is 0 Å². The Morgan fingerprint density at radius 3 is 2.82 bits per heavy atom. The van der Waals surface area contributed by atoms with Gasteiger partial charge in [0, 0.05) is 31.1 Å². The lowest BCUT2D eigenvalue weighted by molar-refractivity contribution is 0.344. The smallest absolute Gasteiger partial charge is 0.211 e. The van der Waals surface area contributed by atoms with Crippen molar-refractivity contribution >= 4 is 55.2 Å². The van der Waals surface area contributed by atoms with Crippen LogP contribution in [0.4, 0.5) is 11.6 Å². The number of pyridine rings is 1. The van der Waals surface area contributed by atoms with Gasteiger partial charge in [-0.2, -0.15) is 4.31 Å². The van der Waals surface area contributed by atoms with Crippen LogP contribution in [-0.2, 0) is 10.0 Å². The summed E-state index contributed by atoms with van der Waals surface area (Å²) in [6.45, 7) is 5.32. The number of imidazole rings is 1. The summed E-state index contributed by atoms with van der Waals surface area (Å²) < 4.78 is 25.7. The van der Waals surface area contributed by atoms with Crippen LogP contribution in [0.5, 0.6) is 0 Å². The third-order valence-corrected chi connectivity index (χ3v) is 7.74. The van der Waals surface area contributed by atoms with Gasteiger partial charge in [0.2, 0.25) is 10.0 Å². The van der Waals surface area contributed by atoms with Crippen molar-refractivity contribution in [2.24, 2.45) is 0 Å². The monoisotopic (exact) mass is 500 g/mol. The van der Waals surface area contributed by atoms with Crippen molar-refractivity contribution in [3.63, 3.8) is 0 Å². The molecular formula is C22H25ClN8O2S. The molecule has 1 aliphatic heterocycles. The molecule has 34 heavy (non-hydrogen) atoms. The van der Waals surface area contributed by atoms with Gasteiger partial charge >= 0.3 is 0 Å². The molecule has 2 N–H and O–H groups in total. The summed E-state index contributed by atoms with van der Waals surface area (Å²) in [5.41, 5.74) is 2.12. The second kappa shape index (κ2) is 8.64. The van der Waals surface area contributed by atoms with Crippen LogP contribution < -0.4 is 10.2 Å². The van der Waals surface area contributed by atoms with E-state index in [1.165, 1.54) is 16.9 Å². The second-order valence-corrected chi connectivity index (χ2v) is 10.9. The maximum absolute atomic E-state index is 12.1. The van der Waals surface area contributed by atoms with Crippen molar-refractivity contribution in [1.29, 1.82) is 0 Å². The molecule has 1 aliphatic rings. The van der Waals surface area contributed by atoms with Gasteiger partial charge in [0.25, 0.3) is 0 Å². The molecule has 1 saturated heterocycles. The van der Waals surface area contributed by atoms with Crippen LogP contribution in [0, 0.1) is 0 Å². The van der Waals surface area contributed by atoms with Crippen LogP contribution in [0.1, 0.15) is 25.6 Å². The fraction of sp³-hybridized carbons (Fsp3) is 0.364. The summed E-state index contributed by atoms with van der Waals surface area (Å²) in [7, 11) is -3.25. The van der Waals surface area contributed by atoms with Crippen LogP contribution in [-0.4, -0.2) is 69.6 Å². The van der Waals surface area contributed by atoms with Crippen molar-refractivity contribution in [2.75, 3.05) is 36.1 Å². The van der Waals surface area contributed by atoms with E-state index in [4.69, 9.17) is 16.6 Å². The number of benzene rings is 1. The highest BCUT2D eigenvalue weighted by molar-refractivity contribution is 7.88. The Labute approximate surface area is 202 Å². The maximum atomic E-state index is 12.1. The molecule has 0 amide bonds. The van der Waals surface area contributed by atoms with Crippen molar-refractivity contribution in [3.8, 4) is 0 Å². The number of nitrogens with zero attached hydrogens (tertiary/aromatic N) is 6. The van der Waals surface area contributed by atoms with Gasteiger partial charge in [-0.25, -0.2) is 28.4 Å². The summed E-state index contributed by atoms with van der Waals surface area (Å²) >= 11 is 6.63. The van der Waals surface area contributed by atoms with E-state index >= 15 is 0 Å². The Morgan fingerprint density at radius 1 is 1.24 bits per heavy atom. The molecule has 12 heteroatoms. The molecular weight excluding hydrogens is 476 g/mol. The molecule has 0 radical (unpaired) electrons. The maximum Gasteiger partial charge on any atom is 0.211 e. The van der Waals surface area contributed by atoms with Crippen molar-refractivity contribution in [2.45, 2.75) is 25.9 Å². The quantitative estimate of drug-likeness (QED) is 0.428. The number of anilines is 2. The van der Waals surface area contributed by atoms with Crippen LogP contribution in [0.15, 0.2) is 36.9 Å². The van der Waals surface area contributed by atoms with Crippen molar-refractivity contribution in [3.05, 3.63) is 47.6 Å². The molecule has 2 atom stereocenters. The second-order valence-electron chi connectivity index (χ2n) is 8.56. The fourth-order valence-electron chi connectivity index (χ4n) is 4.39. The number of rotatable bonds is 5.